The third kappa shape index (κ3) is 8.64. The molecule has 1 atom stereocenters. The lowest BCUT2D eigenvalue weighted by atomic mass is 10.1. The fourth-order valence-electron chi connectivity index (χ4n) is 2.70. The number of aliphatic imine (C=N–C) groups is 1. The van der Waals surface area contributed by atoms with E-state index in [1.807, 2.05) is 19.9 Å². The second-order valence-corrected chi connectivity index (χ2v) is 6.79. The molecule has 0 aromatic heterocycles. The molecule has 0 radical (unpaired) electrons. The molecule has 1 unspecified atom stereocenters. The summed E-state index contributed by atoms with van der Waals surface area (Å²) >= 11 is 0. The summed E-state index contributed by atoms with van der Waals surface area (Å²) in [5.41, 5.74) is 2.19. The Labute approximate surface area is 193 Å². The highest BCUT2D eigenvalue weighted by Gasteiger charge is 2.10. The van der Waals surface area contributed by atoms with Crippen LogP contribution < -0.4 is 16.0 Å². The van der Waals surface area contributed by atoms with Gasteiger partial charge in [0.1, 0.15) is 11.6 Å². The first-order chi connectivity index (χ1) is 13.9. The zero-order chi connectivity index (χ0) is 21.2. The summed E-state index contributed by atoms with van der Waals surface area (Å²) in [6, 6.07) is 10.9. The summed E-state index contributed by atoms with van der Waals surface area (Å²) in [6.07, 6.45) is 0.193. The van der Waals surface area contributed by atoms with Gasteiger partial charge in [0.25, 0.3) is 0 Å². The topological polar surface area (TPSA) is 65.5 Å². The first-order valence-electron chi connectivity index (χ1n) is 9.71. The van der Waals surface area contributed by atoms with Crippen molar-refractivity contribution in [1.29, 1.82) is 0 Å². The van der Waals surface area contributed by atoms with E-state index in [1.54, 1.807) is 25.1 Å². The molecule has 0 saturated carbocycles. The smallest absolute Gasteiger partial charge is 0.224 e. The SMILES string of the molecule is CCNC(=NCCNC(=O)Cc1ccc(F)cc1)NC(C)c1ccc(C)c(F)c1.I. The van der Waals surface area contributed by atoms with Crippen LogP contribution in [0.1, 0.15) is 36.6 Å². The maximum absolute atomic E-state index is 13.8. The minimum atomic E-state index is -0.324. The lowest BCUT2D eigenvalue weighted by Gasteiger charge is -2.18. The Hall–Kier alpha value is -2.23. The molecular weight excluding hydrogens is 501 g/mol. The molecule has 0 saturated heterocycles. The predicted molar refractivity (Wildman–Crippen MR) is 127 cm³/mol. The number of hydrogen-bond acceptors (Lipinski definition) is 2. The Kier molecular flexibility index (Phi) is 11.3. The molecule has 0 aliphatic rings. The molecule has 0 spiro atoms. The maximum atomic E-state index is 13.8. The maximum Gasteiger partial charge on any atom is 0.224 e. The van der Waals surface area contributed by atoms with Crippen molar-refractivity contribution in [2.45, 2.75) is 33.2 Å². The lowest BCUT2D eigenvalue weighted by Crippen LogP contribution is -2.39. The fraction of sp³-hybridized carbons (Fsp3) is 0.364. The van der Waals surface area contributed by atoms with Gasteiger partial charge in [0, 0.05) is 13.1 Å². The molecule has 30 heavy (non-hydrogen) atoms. The van der Waals surface area contributed by atoms with Crippen LogP contribution in [-0.2, 0) is 11.2 Å². The molecule has 8 heteroatoms. The highest BCUT2D eigenvalue weighted by Crippen LogP contribution is 2.16. The van der Waals surface area contributed by atoms with Crippen LogP contribution >= 0.6 is 24.0 Å². The largest absolute Gasteiger partial charge is 0.357 e. The molecule has 5 nitrogen and oxygen atoms in total. The minimum Gasteiger partial charge on any atom is -0.357 e. The van der Waals surface area contributed by atoms with Gasteiger partial charge in [-0.05, 0) is 55.7 Å². The number of rotatable bonds is 8. The van der Waals surface area contributed by atoms with Crippen LogP contribution in [0, 0.1) is 18.6 Å². The summed E-state index contributed by atoms with van der Waals surface area (Å²) in [7, 11) is 0. The van der Waals surface area contributed by atoms with Gasteiger partial charge in [-0.15, -0.1) is 24.0 Å². The first-order valence-corrected chi connectivity index (χ1v) is 9.71. The van der Waals surface area contributed by atoms with E-state index < -0.39 is 0 Å². The van der Waals surface area contributed by atoms with Crippen LogP contribution in [0.3, 0.4) is 0 Å². The van der Waals surface area contributed by atoms with Crippen molar-refractivity contribution < 1.29 is 13.6 Å². The molecule has 0 bridgehead atoms. The number of carbonyl (C=O) groups is 1. The summed E-state index contributed by atoms with van der Waals surface area (Å²) in [6.45, 7) is 7.06. The monoisotopic (exact) mass is 530 g/mol. The third-order valence-electron chi connectivity index (χ3n) is 4.38. The summed E-state index contributed by atoms with van der Waals surface area (Å²) in [4.78, 5) is 16.4. The standard InChI is InChI=1S/C22H28F2N4O.HI/c1-4-25-22(28-16(3)18-8-5-15(2)20(24)14-18)27-12-11-26-21(29)13-17-6-9-19(23)10-7-17;/h5-10,14,16H,4,11-13H2,1-3H3,(H,26,29)(H2,25,27,28);1H. The summed E-state index contributed by atoms with van der Waals surface area (Å²) < 4.78 is 26.7. The summed E-state index contributed by atoms with van der Waals surface area (Å²) in [5, 5.41) is 9.17. The van der Waals surface area contributed by atoms with Crippen LogP contribution in [0.15, 0.2) is 47.5 Å². The van der Waals surface area contributed by atoms with Gasteiger partial charge in [0.15, 0.2) is 5.96 Å². The van der Waals surface area contributed by atoms with Crippen LogP contribution in [-0.4, -0.2) is 31.5 Å². The molecule has 0 heterocycles. The number of halogens is 3. The van der Waals surface area contributed by atoms with Crippen LogP contribution in [0.5, 0.6) is 0 Å². The van der Waals surface area contributed by atoms with Crippen molar-refractivity contribution in [2.75, 3.05) is 19.6 Å². The molecule has 0 fully saturated rings. The van der Waals surface area contributed by atoms with E-state index in [4.69, 9.17) is 0 Å². The van der Waals surface area contributed by atoms with Crippen molar-refractivity contribution in [2.24, 2.45) is 4.99 Å². The molecule has 0 aliphatic carbocycles. The van der Waals surface area contributed by atoms with Gasteiger partial charge in [0.2, 0.25) is 5.91 Å². The number of hydrogen-bond donors (Lipinski definition) is 3. The van der Waals surface area contributed by atoms with Gasteiger partial charge in [-0.1, -0.05) is 24.3 Å². The van der Waals surface area contributed by atoms with Crippen molar-refractivity contribution in [3.63, 3.8) is 0 Å². The Morgan fingerprint density at radius 1 is 1.10 bits per heavy atom. The second-order valence-electron chi connectivity index (χ2n) is 6.79. The van der Waals surface area contributed by atoms with E-state index in [-0.39, 0.29) is 54.0 Å². The average Bonchev–Trinajstić information content (AvgIpc) is 2.69. The number of aryl methyl sites for hydroxylation is 1. The van der Waals surface area contributed by atoms with E-state index in [0.29, 0.717) is 31.2 Å². The number of guanidine groups is 1. The highest BCUT2D eigenvalue weighted by molar-refractivity contribution is 14.0. The first kappa shape index (κ1) is 25.8. The number of benzene rings is 2. The van der Waals surface area contributed by atoms with E-state index in [0.717, 1.165) is 11.1 Å². The Balaban J connectivity index is 0.00000450. The van der Waals surface area contributed by atoms with E-state index in [9.17, 15) is 13.6 Å². The molecule has 2 aromatic carbocycles. The molecule has 3 N–H and O–H groups in total. The Bertz CT molecular complexity index is 844. The molecule has 2 rings (SSSR count). The number of amides is 1. The predicted octanol–water partition coefficient (Wildman–Crippen LogP) is 3.87. The zero-order valence-corrected chi connectivity index (χ0v) is 19.8. The van der Waals surface area contributed by atoms with Crippen LogP contribution in [0.2, 0.25) is 0 Å². The van der Waals surface area contributed by atoms with Crippen molar-refractivity contribution >= 4 is 35.8 Å². The van der Waals surface area contributed by atoms with E-state index in [2.05, 4.69) is 20.9 Å². The normalized spacial score (nSPS) is 12.0. The van der Waals surface area contributed by atoms with Crippen molar-refractivity contribution in [3.05, 3.63) is 70.8 Å². The van der Waals surface area contributed by atoms with Gasteiger partial charge >= 0.3 is 0 Å². The number of nitrogens with one attached hydrogen (secondary N) is 3. The number of carbonyl (C=O) groups excluding carboxylic acids is 1. The van der Waals surface area contributed by atoms with Crippen LogP contribution in [0.4, 0.5) is 8.78 Å². The van der Waals surface area contributed by atoms with Gasteiger partial charge in [-0.25, -0.2) is 8.78 Å². The Morgan fingerprint density at radius 2 is 1.80 bits per heavy atom. The van der Waals surface area contributed by atoms with Gasteiger partial charge in [-0.2, -0.15) is 0 Å². The number of nitrogens with zero attached hydrogens (tertiary/aromatic N) is 1. The third-order valence-corrected chi connectivity index (χ3v) is 4.38. The Morgan fingerprint density at radius 3 is 2.43 bits per heavy atom. The molecule has 1 amide bonds. The van der Waals surface area contributed by atoms with Crippen LogP contribution in [0.25, 0.3) is 0 Å². The lowest BCUT2D eigenvalue weighted by molar-refractivity contribution is -0.120. The fourth-order valence-corrected chi connectivity index (χ4v) is 2.70. The molecule has 164 valence electrons. The molecular formula is C22H29F2IN4O. The molecule has 0 aliphatic heterocycles. The zero-order valence-electron chi connectivity index (χ0n) is 17.5. The van der Waals surface area contributed by atoms with E-state index in [1.165, 1.54) is 18.2 Å². The quantitative estimate of drug-likeness (QED) is 0.210. The average molecular weight is 530 g/mol. The van der Waals surface area contributed by atoms with Crippen molar-refractivity contribution in [3.8, 4) is 0 Å². The molecule has 2 aromatic rings. The van der Waals surface area contributed by atoms with Gasteiger partial charge < -0.3 is 16.0 Å². The van der Waals surface area contributed by atoms with Crippen molar-refractivity contribution in [1.82, 2.24) is 16.0 Å². The second kappa shape index (κ2) is 13.1. The minimum absolute atomic E-state index is 0. The highest BCUT2D eigenvalue weighted by atomic mass is 127. The van der Waals surface area contributed by atoms with Gasteiger partial charge in [0.05, 0.1) is 19.0 Å². The summed E-state index contributed by atoms with van der Waals surface area (Å²) in [5.74, 6) is -0.112. The van der Waals surface area contributed by atoms with Gasteiger partial charge in [-0.3, -0.25) is 9.79 Å². The van der Waals surface area contributed by atoms with E-state index >= 15 is 0 Å².